The molecule has 4 amide bonds. The van der Waals surface area contributed by atoms with Gasteiger partial charge in [0, 0.05) is 32.6 Å². The predicted molar refractivity (Wildman–Crippen MR) is 104 cm³/mol. The topological polar surface area (TPSA) is 87.5 Å². The number of urea groups is 1. The van der Waals surface area contributed by atoms with Crippen LogP contribution in [0.2, 0.25) is 0 Å². The maximum Gasteiger partial charge on any atom is 0.449 e. The van der Waals surface area contributed by atoms with Crippen molar-refractivity contribution in [2.45, 2.75) is 32.0 Å². The van der Waals surface area contributed by atoms with E-state index in [2.05, 4.69) is 10.3 Å². The summed E-state index contributed by atoms with van der Waals surface area (Å²) in [7, 11) is 0. The van der Waals surface area contributed by atoms with Gasteiger partial charge in [0.1, 0.15) is 6.54 Å². The van der Waals surface area contributed by atoms with Gasteiger partial charge in [0.2, 0.25) is 17.6 Å². The van der Waals surface area contributed by atoms with Crippen LogP contribution in [-0.4, -0.2) is 63.4 Å². The van der Waals surface area contributed by atoms with Gasteiger partial charge in [-0.25, -0.2) is 9.78 Å². The van der Waals surface area contributed by atoms with Gasteiger partial charge in [0.15, 0.2) is 0 Å². The molecule has 3 heterocycles. The predicted octanol–water partition coefficient (Wildman–Crippen LogP) is 2.24. The molecule has 8 nitrogen and oxygen atoms in total. The van der Waals surface area contributed by atoms with Gasteiger partial charge in [0.05, 0.1) is 11.0 Å². The molecule has 4 rings (SSSR count). The summed E-state index contributed by atoms with van der Waals surface area (Å²) in [6.07, 6.45) is -3.28. The van der Waals surface area contributed by atoms with Crippen LogP contribution in [0, 0.1) is 5.92 Å². The number of likely N-dealkylation sites (tertiary alicyclic amines) is 1. The highest BCUT2D eigenvalue weighted by atomic mass is 19.4. The molecule has 2 aliphatic heterocycles. The Morgan fingerprint density at radius 3 is 2.52 bits per heavy atom. The van der Waals surface area contributed by atoms with Crippen LogP contribution in [0.4, 0.5) is 18.0 Å². The van der Waals surface area contributed by atoms with Gasteiger partial charge >= 0.3 is 12.2 Å². The third-order valence-corrected chi connectivity index (χ3v) is 5.78. The van der Waals surface area contributed by atoms with Crippen molar-refractivity contribution in [1.29, 1.82) is 0 Å². The lowest BCUT2D eigenvalue weighted by atomic mass is 9.96. The monoisotopic (exact) mass is 437 g/mol. The van der Waals surface area contributed by atoms with Gasteiger partial charge in [-0.15, -0.1) is 0 Å². The second kappa shape index (κ2) is 8.20. The quantitative estimate of drug-likeness (QED) is 0.795. The molecule has 0 aliphatic carbocycles. The van der Waals surface area contributed by atoms with Gasteiger partial charge < -0.3 is 14.4 Å². The molecule has 0 atom stereocenters. The Morgan fingerprint density at radius 1 is 1.13 bits per heavy atom. The highest BCUT2D eigenvalue weighted by molar-refractivity contribution is 5.98. The number of hydrogen-bond donors (Lipinski definition) is 1. The number of fused-ring (bicyclic) bond motifs is 1. The summed E-state index contributed by atoms with van der Waals surface area (Å²) in [5, 5.41) is 2.18. The molecule has 2 aliphatic rings. The normalized spacial score (nSPS) is 18.5. The summed E-state index contributed by atoms with van der Waals surface area (Å²) in [4.78, 5) is 42.2. The van der Waals surface area contributed by atoms with Crippen LogP contribution in [-0.2, 0) is 22.3 Å². The molecular formula is C20H22F3N5O3. The van der Waals surface area contributed by atoms with Gasteiger partial charge in [-0.2, -0.15) is 13.2 Å². The maximum absolute atomic E-state index is 13.5. The van der Waals surface area contributed by atoms with Crippen molar-refractivity contribution in [2.75, 3.05) is 26.2 Å². The Kier molecular flexibility index (Phi) is 5.59. The lowest BCUT2D eigenvalue weighted by molar-refractivity contribution is -0.147. The number of alkyl halides is 3. The number of para-hydroxylation sites is 2. The average molecular weight is 437 g/mol. The molecule has 2 fully saturated rings. The highest BCUT2D eigenvalue weighted by Crippen LogP contribution is 2.33. The number of carbonyl (C=O) groups is 3. The van der Waals surface area contributed by atoms with E-state index in [1.807, 2.05) is 0 Å². The number of amides is 4. The second-order valence-corrected chi connectivity index (χ2v) is 7.88. The molecule has 31 heavy (non-hydrogen) atoms. The van der Waals surface area contributed by atoms with E-state index >= 15 is 0 Å². The Balaban J connectivity index is 1.38. The Morgan fingerprint density at radius 2 is 1.84 bits per heavy atom. The summed E-state index contributed by atoms with van der Waals surface area (Å²) < 4.78 is 41.7. The fourth-order valence-electron chi connectivity index (χ4n) is 4.11. The fraction of sp³-hybridized carbons (Fsp3) is 0.500. The van der Waals surface area contributed by atoms with Crippen LogP contribution in [0.15, 0.2) is 24.3 Å². The number of imidazole rings is 1. The Hall–Kier alpha value is -3.11. The minimum absolute atomic E-state index is 0.0290. The summed E-state index contributed by atoms with van der Waals surface area (Å²) >= 11 is 0. The molecule has 11 heteroatoms. The van der Waals surface area contributed by atoms with Crippen LogP contribution in [0.5, 0.6) is 0 Å². The first-order chi connectivity index (χ1) is 14.7. The van der Waals surface area contributed by atoms with E-state index < -0.39 is 18.0 Å². The molecule has 0 unspecified atom stereocenters. The molecule has 0 saturated carbocycles. The van der Waals surface area contributed by atoms with Crippen molar-refractivity contribution < 1.29 is 27.6 Å². The van der Waals surface area contributed by atoms with Crippen molar-refractivity contribution in [3.8, 4) is 0 Å². The van der Waals surface area contributed by atoms with Gasteiger partial charge in [0.25, 0.3) is 0 Å². The molecule has 1 aromatic heterocycles. The van der Waals surface area contributed by atoms with Crippen molar-refractivity contribution in [3.05, 3.63) is 30.1 Å². The summed E-state index contributed by atoms with van der Waals surface area (Å²) in [6, 6.07) is 5.96. The number of benzene rings is 1. The smallest absolute Gasteiger partial charge is 0.341 e. The molecule has 0 bridgehead atoms. The van der Waals surface area contributed by atoms with Crippen molar-refractivity contribution >= 4 is 28.9 Å². The van der Waals surface area contributed by atoms with Crippen molar-refractivity contribution in [2.24, 2.45) is 5.92 Å². The third-order valence-electron chi connectivity index (χ3n) is 5.78. The lowest BCUT2D eigenvalue weighted by Crippen LogP contribution is -2.53. The first-order valence-electron chi connectivity index (χ1n) is 10.1. The SMILES string of the molecule is O=C1CCN(CC(=O)N2CCC(Cn3c(C(F)(F)F)nc4ccccc43)CC2)C(=O)N1. The number of nitrogens with zero attached hydrogens (tertiary/aromatic N) is 4. The van der Waals surface area contributed by atoms with E-state index in [4.69, 9.17) is 0 Å². The zero-order valence-corrected chi connectivity index (χ0v) is 16.7. The van der Waals surface area contributed by atoms with Crippen LogP contribution in [0.25, 0.3) is 11.0 Å². The van der Waals surface area contributed by atoms with Crippen LogP contribution >= 0.6 is 0 Å². The van der Waals surface area contributed by atoms with Crippen LogP contribution in [0.1, 0.15) is 25.1 Å². The number of imide groups is 1. The third kappa shape index (κ3) is 4.49. The van der Waals surface area contributed by atoms with Crippen LogP contribution < -0.4 is 5.32 Å². The number of nitrogens with one attached hydrogen (secondary N) is 1. The Bertz CT molecular complexity index is 1010. The number of rotatable bonds is 4. The largest absolute Gasteiger partial charge is 0.449 e. The average Bonchev–Trinajstić information content (AvgIpc) is 3.10. The van der Waals surface area contributed by atoms with Gasteiger partial charge in [-0.3, -0.25) is 14.9 Å². The number of piperidine rings is 1. The molecule has 1 aromatic carbocycles. The van der Waals surface area contributed by atoms with E-state index in [1.54, 1.807) is 29.2 Å². The van der Waals surface area contributed by atoms with Crippen molar-refractivity contribution in [1.82, 2.24) is 24.7 Å². The summed E-state index contributed by atoms with van der Waals surface area (Å²) in [5.74, 6) is -1.52. The zero-order valence-electron chi connectivity index (χ0n) is 16.7. The first-order valence-corrected chi connectivity index (χ1v) is 10.1. The van der Waals surface area contributed by atoms with E-state index in [9.17, 15) is 27.6 Å². The summed E-state index contributed by atoms with van der Waals surface area (Å²) in [5.41, 5.74) is 0.750. The molecule has 166 valence electrons. The molecular weight excluding hydrogens is 415 g/mol. The molecule has 1 N–H and O–H groups in total. The van der Waals surface area contributed by atoms with E-state index in [0.29, 0.717) is 37.0 Å². The summed E-state index contributed by atoms with van der Waals surface area (Å²) in [6.45, 7) is 1.07. The van der Waals surface area contributed by atoms with Gasteiger partial charge in [-0.1, -0.05) is 12.1 Å². The first kappa shape index (κ1) is 21.1. The fourth-order valence-corrected chi connectivity index (χ4v) is 4.11. The standard InChI is InChI=1S/C20H22F3N5O3/c21-20(22,23)18-24-14-3-1-2-4-15(14)28(18)11-13-5-8-26(9-6-13)17(30)12-27-10-7-16(29)25-19(27)31/h1-4,13H,5-12H2,(H,25,29,31). The van der Waals surface area contributed by atoms with E-state index in [-0.39, 0.29) is 43.8 Å². The zero-order chi connectivity index (χ0) is 22.2. The maximum atomic E-state index is 13.5. The highest BCUT2D eigenvalue weighted by Gasteiger charge is 2.38. The van der Waals surface area contributed by atoms with Gasteiger partial charge in [-0.05, 0) is 30.9 Å². The molecule has 2 aromatic rings. The minimum Gasteiger partial charge on any atom is -0.341 e. The number of carbonyl (C=O) groups excluding carboxylic acids is 3. The molecule has 0 spiro atoms. The van der Waals surface area contributed by atoms with E-state index in [1.165, 1.54) is 9.47 Å². The van der Waals surface area contributed by atoms with E-state index in [0.717, 1.165) is 0 Å². The van der Waals surface area contributed by atoms with Crippen molar-refractivity contribution in [3.63, 3.8) is 0 Å². The number of hydrogen-bond acceptors (Lipinski definition) is 4. The van der Waals surface area contributed by atoms with Crippen LogP contribution in [0.3, 0.4) is 0 Å². The Labute approximate surface area is 176 Å². The number of aromatic nitrogens is 2. The molecule has 2 saturated heterocycles. The lowest BCUT2D eigenvalue weighted by Gasteiger charge is -2.34. The second-order valence-electron chi connectivity index (χ2n) is 7.88. The minimum atomic E-state index is -4.55. The number of halogens is 3. The molecule has 0 radical (unpaired) electrons.